The molecule has 0 aromatic heterocycles. The van der Waals surface area contributed by atoms with Crippen molar-refractivity contribution in [1.29, 1.82) is 0 Å². The Hall–Kier alpha value is -1.35. The molecule has 0 heterocycles. The monoisotopic (exact) mass is 208 g/mol. The summed E-state index contributed by atoms with van der Waals surface area (Å²) in [7, 11) is 1.38. The summed E-state index contributed by atoms with van der Waals surface area (Å²) in [6.45, 7) is 0.0799. The molecule has 0 spiro atoms. The zero-order valence-corrected chi connectivity index (χ0v) is 8.85. The fourth-order valence-electron chi connectivity index (χ4n) is 1.55. The number of benzene rings is 1. The summed E-state index contributed by atoms with van der Waals surface area (Å²) in [4.78, 5) is 11.2. The second-order valence-corrected chi connectivity index (χ2v) is 3.40. The van der Waals surface area contributed by atoms with Crippen LogP contribution in [0.4, 0.5) is 0 Å². The highest BCUT2D eigenvalue weighted by Crippen LogP contribution is 2.23. The smallest absolute Gasteiger partial charge is 0.306 e. The highest BCUT2D eigenvalue weighted by Gasteiger charge is 2.15. The van der Waals surface area contributed by atoms with Crippen LogP contribution in [0.2, 0.25) is 0 Å². The topological polar surface area (TPSA) is 46.5 Å². The molecule has 0 aliphatic rings. The number of hydrogen-bond donors (Lipinski definition) is 1. The third-order valence-electron chi connectivity index (χ3n) is 2.39. The van der Waals surface area contributed by atoms with Crippen molar-refractivity contribution in [3.63, 3.8) is 0 Å². The molecular weight excluding hydrogens is 192 g/mol. The van der Waals surface area contributed by atoms with E-state index in [-0.39, 0.29) is 18.5 Å². The number of rotatable bonds is 5. The number of aliphatic hydroxyl groups excluding tert-OH is 1. The Balaban J connectivity index is 2.70. The molecule has 0 amide bonds. The molecule has 15 heavy (non-hydrogen) atoms. The molecule has 1 atom stereocenters. The summed E-state index contributed by atoms with van der Waals surface area (Å²) in [5, 5.41) is 8.93. The first-order valence-electron chi connectivity index (χ1n) is 5.00. The maximum atomic E-state index is 11.2. The Bertz CT molecular complexity index is 295. The van der Waals surface area contributed by atoms with E-state index in [1.54, 1.807) is 0 Å². The first kappa shape index (κ1) is 11.7. The van der Waals surface area contributed by atoms with E-state index in [0.29, 0.717) is 12.8 Å². The minimum atomic E-state index is -0.239. The van der Waals surface area contributed by atoms with E-state index in [2.05, 4.69) is 4.74 Å². The van der Waals surface area contributed by atoms with Gasteiger partial charge in [-0.1, -0.05) is 30.3 Å². The van der Waals surface area contributed by atoms with Crippen molar-refractivity contribution in [1.82, 2.24) is 0 Å². The van der Waals surface area contributed by atoms with Crippen LogP contribution in [-0.2, 0) is 9.53 Å². The van der Waals surface area contributed by atoms with Crippen LogP contribution in [0.3, 0.4) is 0 Å². The van der Waals surface area contributed by atoms with Gasteiger partial charge in [-0.05, 0) is 17.9 Å². The molecule has 3 nitrogen and oxygen atoms in total. The summed E-state index contributed by atoms with van der Waals surface area (Å²) < 4.78 is 4.63. The van der Waals surface area contributed by atoms with Crippen molar-refractivity contribution in [2.75, 3.05) is 13.7 Å². The molecule has 82 valence electrons. The fraction of sp³-hybridized carbons (Fsp3) is 0.417. The molecule has 0 saturated heterocycles. The minimum absolute atomic E-state index is 0.0450. The highest BCUT2D eigenvalue weighted by atomic mass is 16.5. The standard InChI is InChI=1S/C12H16O3/c1-15-12(14)9-11(7-8-13)10-5-3-2-4-6-10/h2-6,11,13H,7-9H2,1H3. The lowest BCUT2D eigenvalue weighted by Gasteiger charge is -2.14. The predicted octanol–water partition coefficient (Wildman–Crippen LogP) is 1.72. The minimum Gasteiger partial charge on any atom is -0.469 e. The van der Waals surface area contributed by atoms with Gasteiger partial charge in [-0.15, -0.1) is 0 Å². The highest BCUT2D eigenvalue weighted by molar-refractivity contribution is 5.70. The van der Waals surface area contributed by atoms with Gasteiger partial charge in [0.05, 0.1) is 13.5 Å². The van der Waals surface area contributed by atoms with Crippen LogP contribution in [-0.4, -0.2) is 24.8 Å². The van der Waals surface area contributed by atoms with Crippen molar-refractivity contribution in [2.24, 2.45) is 0 Å². The Labute approximate surface area is 89.7 Å². The molecule has 0 fully saturated rings. The number of carbonyl (C=O) groups is 1. The number of hydrogen-bond acceptors (Lipinski definition) is 3. The molecule has 0 bridgehead atoms. The zero-order chi connectivity index (χ0) is 11.1. The van der Waals surface area contributed by atoms with Crippen LogP contribution < -0.4 is 0 Å². The van der Waals surface area contributed by atoms with E-state index in [4.69, 9.17) is 5.11 Å². The quantitative estimate of drug-likeness (QED) is 0.749. The largest absolute Gasteiger partial charge is 0.469 e. The lowest BCUT2D eigenvalue weighted by molar-refractivity contribution is -0.141. The van der Waals surface area contributed by atoms with Crippen LogP contribution in [0.25, 0.3) is 0 Å². The first-order valence-corrected chi connectivity index (χ1v) is 5.00. The van der Waals surface area contributed by atoms with E-state index < -0.39 is 0 Å². The third-order valence-corrected chi connectivity index (χ3v) is 2.39. The zero-order valence-electron chi connectivity index (χ0n) is 8.85. The number of carbonyl (C=O) groups excluding carboxylic acids is 1. The van der Waals surface area contributed by atoms with Gasteiger partial charge in [0.25, 0.3) is 0 Å². The Kier molecular flexibility index (Phi) is 4.84. The Morgan fingerprint density at radius 2 is 2.07 bits per heavy atom. The van der Waals surface area contributed by atoms with Gasteiger partial charge in [0.2, 0.25) is 0 Å². The van der Waals surface area contributed by atoms with Crippen molar-refractivity contribution < 1.29 is 14.6 Å². The number of esters is 1. The second kappa shape index (κ2) is 6.19. The summed E-state index contributed by atoms with van der Waals surface area (Å²) >= 11 is 0. The van der Waals surface area contributed by atoms with Gasteiger partial charge in [-0.25, -0.2) is 0 Å². The molecular formula is C12H16O3. The van der Waals surface area contributed by atoms with Gasteiger partial charge in [-0.2, -0.15) is 0 Å². The van der Waals surface area contributed by atoms with Gasteiger partial charge in [0.1, 0.15) is 0 Å². The lowest BCUT2D eigenvalue weighted by Crippen LogP contribution is -2.10. The predicted molar refractivity (Wildman–Crippen MR) is 57.5 cm³/mol. The van der Waals surface area contributed by atoms with E-state index >= 15 is 0 Å². The molecule has 1 N–H and O–H groups in total. The Morgan fingerprint density at radius 1 is 1.40 bits per heavy atom. The summed E-state index contributed by atoms with van der Waals surface area (Å²) in [5.74, 6) is -0.194. The fourth-order valence-corrected chi connectivity index (χ4v) is 1.55. The first-order chi connectivity index (χ1) is 7.27. The van der Waals surface area contributed by atoms with Gasteiger partial charge < -0.3 is 9.84 Å². The number of ether oxygens (including phenoxy) is 1. The normalized spacial score (nSPS) is 12.1. The van der Waals surface area contributed by atoms with Gasteiger partial charge in [0, 0.05) is 6.61 Å². The Morgan fingerprint density at radius 3 is 2.60 bits per heavy atom. The van der Waals surface area contributed by atoms with Crippen LogP contribution in [0.1, 0.15) is 24.3 Å². The van der Waals surface area contributed by atoms with E-state index in [9.17, 15) is 4.79 Å². The van der Waals surface area contributed by atoms with E-state index in [0.717, 1.165) is 5.56 Å². The summed E-state index contributed by atoms with van der Waals surface area (Å²) in [6, 6.07) is 9.71. The molecule has 1 rings (SSSR count). The maximum absolute atomic E-state index is 11.2. The van der Waals surface area contributed by atoms with Crippen LogP contribution in [0.5, 0.6) is 0 Å². The average molecular weight is 208 g/mol. The third kappa shape index (κ3) is 3.72. The lowest BCUT2D eigenvalue weighted by atomic mass is 9.93. The summed E-state index contributed by atoms with van der Waals surface area (Å²) in [6.07, 6.45) is 0.903. The molecule has 0 saturated carbocycles. The summed E-state index contributed by atoms with van der Waals surface area (Å²) in [5.41, 5.74) is 1.07. The van der Waals surface area contributed by atoms with E-state index in [1.807, 2.05) is 30.3 Å². The SMILES string of the molecule is COC(=O)CC(CCO)c1ccccc1. The molecule has 0 radical (unpaired) electrons. The average Bonchev–Trinajstić information content (AvgIpc) is 2.29. The molecule has 1 aromatic carbocycles. The molecule has 1 unspecified atom stereocenters. The van der Waals surface area contributed by atoms with Crippen LogP contribution in [0, 0.1) is 0 Å². The molecule has 0 aliphatic carbocycles. The second-order valence-electron chi connectivity index (χ2n) is 3.40. The molecule has 0 aliphatic heterocycles. The maximum Gasteiger partial charge on any atom is 0.306 e. The van der Waals surface area contributed by atoms with Crippen molar-refractivity contribution in [3.8, 4) is 0 Å². The molecule has 3 heteroatoms. The van der Waals surface area contributed by atoms with Gasteiger partial charge in [-0.3, -0.25) is 4.79 Å². The number of aliphatic hydroxyl groups is 1. The van der Waals surface area contributed by atoms with Crippen molar-refractivity contribution in [2.45, 2.75) is 18.8 Å². The van der Waals surface area contributed by atoms with Crippen molar-refractivity contribution >= 4 is 5.97 Å². The number of methoxy groups -OCH3 is 1. The van der Waals surface area contributed by atoms with Gasteiger partial charge in [0.15, 0.2) is 0 Å². The van der Waals surface area contributed by atoms with E-state index in [1.165, 1.54) is 7.11 Å². The van der Waals surface area contributed by atoms with Crippen molar-refractivity contribution in [3.05, 3.63) is 35.9 Å². The van der Waals surface area contributed by atoms with Crippen LogP contribution in [0.15, 0.2) is 30.3 Å². The van der Waals surface area contributed by atoms with Crippen LogP contribution >= 0.6 is 0 Å². The molecule has 1 aromatic rings. The van der Waals surface area contributed by atoms with Gasteiger partial charge >= 0.3 is 5.97 Å².